The van der Waals surface area contributed by atoms with Crippen molar-refractivity contribution in [3.63, 3.8) is 0 Å². The zero-order chi connectivity index (χ0) is 11.9. The number of hydrogen-bond acceptors (Lipinski definition) is 6. The molecule has 0 bridgehead atoms. The summed E-state index contributed by atoms with van der Waals surface area (Å²) in [5.41, 5.74) is 0.896. The van der Waals surface area contributed by atoms with Gasteiger partial charge in [-0.2, -0.15) is 0 Å². The van der Waals surface area contributed by atoms with E-state index in [1.807, 2.05) is 0 Å². The molecular weight excluding hydrogens is 238 g/mol. The topological polar surface area (TPSA) is 56.3 Å². The summed E-state index contributed by atoms with van der Waals surface area (Å²) in [6.07, 6.45) is 3.79. The molecule has 1 unspecified atom stereocenters. The normalized spacial score (nSPS) is 20.4. The van der Waals surface area contributed by atoms with E-state index in [1.54, 1.807) is 0 Å². The van der Waals surface area contributed by atoms with Crippen molar-refractivity contribution in [3.05, 3.63) is 5.69 Å². The summed E-state index contributed by atoms with van der Waals surface area (Å²) >= 11 is 1.38. The quantitative estimate of drug-likeness (QED) is 0.845. The van der Waals surface area contributed by atoms with Crippen LogP contribution in [0.1, 0.15) is 31.9 Å². The molecule has 0 radical (unpaired) electrons. The first-order valence-electron chi connectivity index (χ1n) is 6.14. The highest BCUT2D eigenvalue weighted by atomic mass is 32.1. The lowest BCUT2D eigenvalue weighted by atomic mass is 10.1. The van der Waals surface area contributed by atoms with Crippen molar-refractivity contribution >= 4 is 16.5 Å². The van der Waals surface area contributed by atoms with E-state index in [0.717, 1.165) is 30.3 Å². The van der Waals surface area contributed by atoms with Crippen molar-refractivity contribution in [2.24, 2.45) is 0 Å². The molecule has 1 aromatic rings. The minimum atomic E-state index is 0.262. The van der Waals surface area contributed by atoms with Crippen LogP contribution in [0.3, 0.4) is 0 Å². The van der Waals surface area contributed by atoms with Gasteiger partial charge < -0.3 is 14.8 Å². The fraction of sp³-hybridized carbons (Fsp3) is 0.818. The van der Waals surface area contributed by atoms with E-state index in [4.69, 9.17) is 9.47 Å². The number of anilines is 1. The third-order valence-corrected chi connectivity index (χ3v) is 3.44. The van der Waals surface area contributed by atoms with Crippen molar-refractivity contribution in [1.29, 1.82) is 0 Å². The molecule has 96 valence electrons. The summed E-state index contributed by atoms with van der Waals surface area (Å²) in [5.74, 6) is 0. The predicted molar refractivity (Wildman–Crippen MR) is 67.3 cm³/mol. The van der Waals surface area contributed by atoms with E-state index in [9.17, 15) is 0 Å². The zero-order valence-corrected chi connectivity index (χ0v) is 11.0. The first-order valence-corrected chi connectivity index (χ1v) is 6.92. The predicted octanol–water partition coefficient (Wildman–Crippen LogP) is 2.06. The standard InChI is InChI=1S/C11H19N3O2S/c1-2-12-11-10(13-14-17-11)8-15-7-9-5-3-4-6-16-9/h9,12H,2-8H2,1H3. The molecule has 0 aliphatic carbocycles. The molecule has 0 saturated carbocycles. The lowest BCUT2D eigenvalue weighted by molar-refractivity contribution is -0.0451. The first kappa shape index (κ1) is 12.7. The van der Waals surface area contributed by atoms with Gasteiger partial charge in [0, 0.05) is 24.7 Å². The van der Waals surface area contributed by atoms with Crippen LogP contribution in [-0.2, 0) is 16.1 Å². The van der Waals surface area contributed by atoms with Crippen LogP contribution in [0.4, 0.5) is 5.00 Å². The van der Waals surface area contributed by atoms with Gasteiger partial charge in [0.15, 0.2) is 0 Å². The lowest BCUT2D eigenvalue weighted by Crippen LogP contribution is -2.24. The van der Waals surface area contributed by atoms with E-state index in [-0.39, 0.29) is 6.10 Å². The maximum atomic E-state index is 5.64. The molecule has 1 N–H and O–H groups in total. The van der Waals surface area contributed by atoms with Gasteiger partial charge in [-0.05, 0) is 26.2 Å². The molecule has 0 spiro atoms. The number of nitrogens with zero attached hydrogens (tertiary/aromatic N) is 2. The molecule has 0 amide bonds. The van der Waals surface area contributed by atoms with Crippen molar-refractivity contribution in [3.8, 4) is 0 Å². The zero-order valence-electron chi connectivity index (χ0n) is 10.1. The third-order valence-electron chi connectivity index (χ3n) is 2.71. The van der Waals surface area contributed by atoms with Gasteiger partial charge in [0.1, 0.15) is 10.7 Å². The molecule has 0 aromatic carbocycles. The highest BCUT2D eigenvalue weighted by Crippen LogP contribution is 2.19. The molecule has 6 heteroatoms. The Hall–Kier alpha value is -0.720. The van der Waals surface area contributed by atoms with Crippen LogP contribution in [0, 0.1) is 0 Å². The molecule has 1 aliphatic heterocycles. The monoisotopic (exact) mass is 257 g/mol. The fourth-order valence-corrected chi connectivity index (χ4v) is 2.46. The van der Waals surface area contributed by atoms with Crippen molar-refractivity contribution in [2.75, 3.05) is 25.1 Å². The van der Waals surface area contributed by atoms with E-state index in [0.29, 0.717) is 13.2 Å². The molecule has 1 saturated heterocycles. The van der Waals surface area contributed by atoms with Crippen molar-refractivity contribution in [1.82, 2.24) is 9.59 Å². The van der Waals surface area contributed by atoms with E-state index in [1.165, 1.54) is 24.4 Å². The van der Waals surface area contributed by atoms with Gasteiger partial charge >= 0.3 is 0 Å². The second-order valence-electron chi connectivity index (χ2n) is 4.08. The molecule has 1 aromatic heterocycles. The van der Waals surface area contributed by atoms with Crippen LogP contribution in [0.5, 0.6) is 0 Å². The van der Waals surface area contributed by atoms with Gasteiger partial charge in [-0.3, -0.25) is 0 Å². The van der Waals surface area contributed by atoms with Crippen LogP contribution >= 0.6 is 11.5 Å². The minimum absolute atomic E-state index is 0.262. The number of ether oxygens (including phenoxy) is 2. The number of nitrogens with one attached hydrogen (secondary N) is 1. The summed E-state index contributed by atoms with van der Waals surface area (Å²) in [4.78, 5) is 0. The Labute approximate surface area is 106 Å². The third kappa shape index (κ3) is 3.90. The van der Waals surface area contributed by atoms with Crippen molar-refractivity contribution < 1.29 is 9.47 Å². The van der Waals surface area contributed by atoms with Crippen LogP contribution in [-0.4, -0.2) is 35.4 Å². The minimum Gasteiger partial charge on any atom is -0.376 e. The highest BCUT2D eigenvalue weighted by molar-refractivity contribution is 7.10. The number of rotatable bonds is 6. The second kappa shape index (κ2) is 6.88. The molecule has 2 rings (SSSR count). The molecule has 5 nitrogen and oxygen atoms in total. The van der Waals surface area contributed by atoms with Crippen LogP contribution in [0.15, 0.2) is 0 Å². The van der Waals surface area contributed by atoms with Crippen LogP contribution < -0.4 is 5.32 Å². The largest absolute Gasteiger partial charge is 0.376 e. The Balaban J connectivity index is 1.71. The maximum Gasteiger partial charge on any atom is 0.135 e. The molecule has 1 aliphatic rings. The number of aromatic nitrogens is 2. The van der Waals surface area contributed by atoms with E-state index in [2.05, 4.69) is 21.8 Å². The summed E-state index contributed by atoms with van der Waals surface area (Å²) in [6.45, 7) is 4.97. The molecule has 2 heterocycles. The molecule has 1 fully saturated rings. The highest BCUT2D eigenvalue weighted by Gasteiger charge is 2.14. The van der Waals surface area contributed by atoms with Crippen molar-refractivity contribution in [2.45, 2.75) is 38.9 Å². The Morgan fingerprint density at radius 1 is 1.53 bits per heavy atom. The van der Waals surface area contributed by atoms with Gasteiger partial charge in [0.05, 0.1) is 19.3 Å². The van der Waals surface area contributed by atoms with Gasteiger partial charge in [-0.25, -0.2) is 0 Å². The van der Waals surface area contributed by atoms with Gasteiger partial charge in [-0.15, -0.1) is 5.10 Å². The summed E-state index contributed by atoms with van der Waals surface area (Å²) < 4.78 is 15.2. The average Bonchev–Trinajstić information content (AvgIpc) is 2.79. The summed E-state index contributed by atoms with van der Waals surface area (Å²) in [6, 6.07) is 0. The average molecular weight is 257 g/mol. The van der Waals surface area contributed by atoms with Crippen LogP contribution in [0.2, 0.25) is 0 Å². The Morgan fingerprint density at radius 3 is 3.24 bits per heavy atom. The fourth-order valence-electron chi connectivity index (χ4n) is 1.82. The smallest absolute Gasteiger partial charge is 0.135 e. The SMILES string of the molecule is CCNc1snnc1COCC1CCCCO1. The maximum absolute atomic E-state index is 5.64. The summed E-state index contributed by atoms with van der Waals surface area (Å²) in [7, 11) is 0. The van der Waals surface area contributed by atoms with E-state index >= 15 is 0 Å². The number of hydrogen-bond donors (Lipinski definition) is 1. The van der Waals surface area contributed by atoms with Gasteiger partial charge in [0.25, 0.3) is 0 Å². The Morgan fingerprint density at radius 2 is 2.47 bits per heavy atom. The molecule has 17 heavy (non-hydrogen) atoms. The second-order valence-corrected chi connectivity index (χ2v) is 4.84. The van der Waals surface area contributed by atoms with Gasteiger partial charge in [0.2, 0.25) is 0 Å². The molecular formula is C11H19N3O2S. The van der Waals surface area contributed by atoms with E-state index < -0.39 is 0 Å². The molecule has 1 atom stereocenters. The first-order chi connectivity index (χ1) is 8.40. The Kier molecular flexibility index (Phi) is 5.15. The summed E-state index contributed by atoms with van der Waals surface area (Å²) in [5, 5.41) is 8.30. The van der Waals surface area contributed by atoms with Crippen LogP contribution in [0.25, 0.3) is 0 Å². The lowest BCUT2D eigenvalue weighted by Gasteiger charge is -2.22. The Bertz CT molecular complexity index is 326. The van der Waals surface area contributed by atoms with Gasteiger partial charge in [-0.1, -0.05) is 4.49 Å².